The highest BCUT2D eigenvalue weighted by Crippen LogP contribution is 2.14. The maximum atomic E-state index is 12.5. The molecule has 1 heterocycles. The van der Waals surface area contributed by atoms with Crippen LogP contribution in [0.3, 0.4) is 0 Å². The first-order valence-electron chi connectivity index (χ1n) is 8.15. The molecule has 1 aromatic carbocycles. The zero-order valence-electron chi connectivity index (χ0n) is 13.8. The summed E-state index contributed by atoms with van der Waals surface area (Å²) in [5.74, 6) is -0.461. The molecule has 0 spiro atoms. The van der Waals surface area contributed by atoms with Crippen molar-refractivity contribution in [3.05, 3.63) is 35.4 Å². The van der Waals surface area contributed by atoms with Crippen LogP contribution in [0.4, 0.5) is 0 Å². The number of likely N-dealkylation sites (tertiary alicyclic amines) is 1. The van der Waals surface area contributed by atoms with E-state index < -0.39 is 0 Å². The third kappa shape index (κ3) is 4.42. The van der Waals surface area contributed by atoms with Crippen LogP contribution < -0.4 is 0 Å². The molecular formula is C18H21N3O3. The van der Waals surface area contributed by atoms with Gasteiger partial charge in [0.25, 0.3) is 0 Å². The van der Waals surface area contributed by atoms with Crippen LogP contribution in [0.25, 0.3) is 0 Å². The van der Waals surface area contributed by atoms with Crippen LogP contribution in [0.5, 0.6) is 0 Å². The van der Waals surface area contributed by atoms with E-state index in [4.69, 9.17) is 5.26 Å². The quantitative estimate of drug-likeness (QED) is 0.716. The zero-order valence-corrected chi connectivity index (χ0v) is 13.8. The van der Waals surface area contributed by atoms with Gasteiger partial charge in [0.2, 0.25) is 17.7 Å². The van der Waals surface area contributed by atoms with Crippen molar-refractivity contribution in [1.82, 2.24) is 9.80 Å². The van der Waals surface area contributed by atoms with Crippen LogP contribution in [0.15, 0.2) is 24.3 Å². The average Bonchev–Trinajstić information content (AvgIpc) is 2.91. The summed E-state index contributed by atoms with van der Waals surface area (Å²) < 4.78 is 0. The van der Waals surface area contributed by atoms with Gasteiger partial charge in [-0.1, -0.05) is 19.1 Å². The van der Waals surface area contributed by atoms with Crippen LogP contribution in [0.2, 0.25) is 0 Å². The molecule has 0 bridgehead atoms. The number of benzene rings is 1. The molecule has 0 aliphatic carbocycles. The van der Waals surface area contributed by atoms with Crippen molar-refractivity contribution in [3.8, 4) is 6.07 Å². The van der Waals surface area contributed by atoms with E-state index in [1.807, 2.05) is 19.1 Å². The smallest absolute Gasteiger partial charge is 0.229 e. The van der Waals surface area contributed by atoms with Crippen LogP contribution in [-0.2, 0) is 20.9 Å². The first-order valence-corrected chi connectivity index (χ1v) is 8.15. The molecule has 1 saturated heterocycles. The average molecular weight is 327 g/mol. The van der Waals surface area contributed by atoms with Crippen molar-refractivity contribution in [2.24, 2.45) is 0 Å². The maximum Gasteiger partial charge on any atom is 0.229 e. The number of hydrogen-bond acceptors (Lipinski definition) is 4. The molecule has 0 radical (unpaired) electrons. The molecule has 24 heavy (non-hydrogen) atoms. The molecule has 6 heteroatoms. The Morgan fingerprint density at radius 1 is 1.21 bits per heavy atom. The molecule has 126 valence electrons. The summed E-state index contributed by atoms with van der Waals surface area (Å²) in [4.78, 5) is 38.6. The number of amides is 3. The van der Waals surface area contributed by atoms with Crippen molar-refractivity contribution in [2.45, 2.75) is 39.2 Å². The van der Waals surface area contributed by atoms with Crippen molar-refractivity contribution in [1.29, 1.82) is 5.26 Å². The molecule has 1 aliphatic rings. The van der Waals surface area contributed by atoms with Crippen molar-refractivity contribution in [3.63, 3.8) is 0 Å². The topological polar surface area (TPSA) is 81.5 Å². The Bertz CT molecular complexity index is 645. The maximum absolute atomic E-state index is 12.5. The minimum absolute atomic E-state index is 0.0753. The van der Waals surface area contributed by atoms with Crippen LogP contribution in [0, 0.1) is 11.3 Å². The van der Waals surface area contributed by atoms with E-state index >= 15 is 0 Å². The lowest BCUT2D eigenvalue weighted by atomic mass is 10.1. The summed E-state index contributed by atoms with van der Waals surface area (Å²) in [5.41, 5.74) is 1.53. The van der Waals surface area contributed by atoms with E-state index in [0.717, 1.165) is 12.0 Å². The molecule has 0 saturated carbocycles. The van der Waals surface area contributed by atoms with Gasteiger partial charge < -0.3 is 4.90 Å². The molecule has 0 aromatic heterocycles. The normalized spacial score (nSPS) is 13.9. The summed E-state index contributed by atoms with van der Waals surface area (Å²) >= 11 is 0. The summed E-state index contributed by atoms with van der Waals surface area (Å²) in [6.45, 7) is 3.22. The fourth-order valence-electron chi connectivity index (χ4n) is 2.70. The standard InChI is InChI=1S/C18H21N3O3/c1-2-10-20(13-15-5-3-14(12-19)4-6-15)16(22)9-11-21-17(23)7-8-18(21)24/h3-6H,2,7-11,13H2,1H3. The summed E-state index contributed by atoms with van der Waals surface area (Å²) in [7, 11) is 0. The lowest BCUT2D eigenvalue weighted by Gasteiger charge is -2.23. The molecule has 1 aliphatic heterocycles. The van der Waals surface area contributed by atoms with Gasteiger partial charge in [0.05, 0.1) is 11.6 Å². The largest absolute Gasteiger partial charge is 0.338 e. The molecule has 0 unspecified atom stereocenters. The van der Waals surface area contributed by atoms with Crippen molar-refractivity contribution in [2.75, 3.05) is 13.1 Å². The molecule has 2 rings (SSSR count). The Morgan fingerprint density at radius 2 is 1.83 bits per heavy atom. The van der Waals surface area contributed by atoms with Crippen molar-refractivity contribution < 1.29 is 14.4 Å². The van der Waals surface area contributed by atoms with Gasteiger partial charge in [0.15, 0.2) is 0 Å². The lowest BCUT2D eigenvalue weighted by Crippen LogP contribution is -2.36. The van der Waals surface area contributed by atoms with Gasteiger partial charge in [-0.2, -0.15) is 5.26 Å². The number of rotatable bonds is 7. The number of carbonyl (C=O) groups is 3. The second-order valence-corrected chi connectivity index (χ2v) is 5.81. The van der Waals surface area contributed by atoms with E-state index in [1.165, 1.54) is 4.90 Å². The molecule has 3 amide bonds. The van der Waals surface area contributed by atoms with E-state index in [9.17, 15) is 14.4 Å². The van der Waals surface area contributed by atoms with Crippen LogP contribution >= 0.6 is 0 Å². The first-order chi connectivity index (χ1) is 11.5. The van der Waals surface area contributed by atoms with Crippen molar-refractivity contribution >= 4 is 17.7 Å². The van der Waals surface area contributed by atoms with Gasteiger partial charge in [-0.05, 0) is 24.1 Å². The highest BCUT2D eigenvalue weighted by Gasteiger charge is 2.29. The molecule has 1 aromatic rings. The van der Waals surface area contributed by atoms with E-state index in [2.05, 4.69) is 6.07 Å². The Kier molecular flexibility index (Phi) is 6.07. The van der Waals surface area contributed by atoms with Gasteiger partial charge in [-0.3, -0.25) is 19.3 Å². The molecule has 6 nitrogen and oxygen atoms in total. The van der Waals surface area contributed by atoms with Crippen LogP contribution in [-0.4, -0.2) is 40.6 Å². The minimum atomic E-state index is -0.193. The predicted molar refractivity (Wildman–Crippen MR) is 87.4 cm³/mol. The number of hydrogen-bond donors (Lipinski definition) is 0. The molecule has 0 N–H and O–H groups in total. The first kappa shape index (κ1) is 17.7. The second-order valence-electron chi connectivity index (χ2n) is 5.81. The molecular weight excluding hydrogens is 306 g/mol. The SMILES string of the molecule is CCCN(Cc1ccc(C#N)cc1)C(=O)CCN1C(=O)CCC1=O. The van der Waals surface area contributed by atoms with E-state index in [-0.39, 0.29) is 43.5 Å². The van der Waals surface area contributed by atoms with Gasteiger partial charge >= 0.3 is 0 Å². The fourth-order valence-corrected chi connectivity index (χ4v) is 2.70. The van der Waals surface area contributed by atoms with Gasteiger partial charge in [0, 0.05) is 38.9 Å². The third-order valence-electron chi connectivity index (χ3n) is 4.01. The second kappa shape index (κ2) is 8.25. The summed E-state index contributed by atoms with van der Waals surface area (Å²) in [6, 6.07) is 9.19. The number of nitriles is 1. The van der Waals surface area contributed by atoms with Crippen LogP contribution in [0.1, 0.15) is 43.7 Å². The summed E-state index contributed by atoms with van der Waals surface area (Å²) in [6.07, 6.45) is 1.46. The number of imide groups is 1. The Hall–Kier alpha value is -2.68. The Morgan fingerprint density at radius 3 is 2.38 bits per heavy atom. The van der Waals surface area contributed by atoms with E-state index in [0.29, 0.717) is 18.7 Å². The lowest BCUT2D eigenvalue weighted by molar-refractivity contribution is -0.139. The number of nitrogens with zero attached hydrogens (tertiary/aromatic N) is 3. The Balaban J connectivity index is 1.95. The van der Waals surface area contributed by atoms with Gasteiger partial charge in [-0.25, -0.2) is 0 Å². The number of carbonyl (C=O) groups excluding carboxylic acids is 3. The van der Waals surface area contributed by atoms with Gasteiger partial charge in [-0.15, -0.1) is 0 Å². The molecule has 1 fully saturated rings. The highest BCUT2D eigenvalue weighted by molar-refractivity contribution is 6.02. The van der Waals surface area contributed by atoms with Gasteiger partial charge in [0.1, 0.15) is 0 Å². The Labute approximate surface area is 141 Å². The third-order valence-corrected chi connectivity index (χ3v) is 4.01. The monoisotopic (exact) mass is 327 g/mol. The molecule has 0 atom stereocenters. The highest BCUT2D eigenvalue weighted by atomic mass is 16.2. The fraction of sp³-hybridized carbons (Fsp3) is 0.444. The minimum Gasteiger partial charge on any atom is -0.338 e. The van der Waals surface area contributed by atoms with E-state index in [1.54, 1.807) is 17.0 Å². The summed E-state index contributed by atoms with van der Waals surface area (Å²) in [5, 5.41) is 8.83. The zero-order chi connectivity index (χ0) is 17.5. The predicted octanol–water partition coefficient (Wildman–Crippen LogP) is 1.84.